The fraction of sp³-hybridized carbons (Fsp3) is 0.375. The fourth-order valence-corrected chi connectivity index (χ4v) is 1.17. The molecular weight excluding hydrogens is 166 g/mol. The molecule has 0 unspecified atom stereocenters. The maximum absolute atomic E-state index is 3.99. The van der Waals surface area contributed by atoms with E-state index >= 15 is 0 Å². The highest BCUT2D eigenvalue weighted by Crippen LogP contribution is 1.96. The molecule has 0 aliphatic carbocycles. The number of nitrogens with zero attached hydrogens (tertiary/aromatic N) is 5. The summed E-state index contributed by atoms with van der Waals surface area (Å²) in [6.45, 7) is 0.901. The lowest BCUT2D eigenvalue weighted by Crippen LogP contribution is -1.98. The molecule has 0 aromatic carbocycles. The predicted octanol–water partition coefficient (Wildman–Crippen LogP) is 0.254. The second kappa shape index (κ2) is 3.38. The van der Waals surface area contributed by atoms with Crippen molar-refractivity contribution in [3.05, 3.63) is 30.6 Å². The van der Waals surface area contributed by atoms with Crippen LogP contribution in [0.15, 0.2) is 24.9 Å². The smallest absolute Gasteiger partial charge is 0.0946 e. The van der Waals surface area contributed by atoms with Crippen molar-refractivity contribution in [2.45, 2.75) is 13.0 Å². The van der Waals surface area contributed by atoms with Crippen LogP contribution in [0.2, 0.25) is 0 Å². The molecule has 0 spiro atoms. The second-order valence-corrected chi connectivity index (χ2v) is 2.93. The summed E-state index contributed by atoms with van der Waals surface area (Å²) >= 11 is 0. The van der Waals surface area contributed by atoms with Crippen LogP contribution >= 0.6 is 0 Å². The first-order valence-corrected chi connectivity index (χ1v) is 4.15. The third-order valence-corrected chi connectivity index (χ3v) is 1.84. The zero-order valence-corrected chi connectivity index (χ0v) is 7.46. The van der Waals surface area contributed by atoms with E-state index in [1.807, 2.05) is 24.0 Å². The molecule has 0 saturated carbocycles. The summed E-state index contributed by atoms with van der Waals surface area (Å²) in [4.78, 5) is 3.96. The molecule has 0 bridgehead atoms. The van der Waals surface area contributed by atoms with E-state index in [0.717, 1.165) is 18.7 Å². The van der Waals surface area contributed by atoms with Gasteiger partial charge in [-0.15, -0.1) is 5.10 Å². The first-order chi connectivity index (χ1) is 6.34. The molecule has 0 saturated heterocycles. The van der Waals surface area contributed by atoms with Gasteiger partial charge in [-0.2, -0.15) is 0 Å². The Hall–Kier alpha value is -1.65. The molecule has 68 valence electrons. The molecule has 2 heterocycles. The number of hydrogen-bond acceptors (Lipinski definition) is 3. The largest absolute Gasteiger partial charge is 0.337 e. The molecule has 0 aliphatic rings. The van der Waals surface area contributed by atoms with Crippen LogP contribution in [-0.2, 0) is 20.0 Å². The second-order valence-electron chi connectivity index (χ2n) is 2.93. The zero-order valence-electron chi connectivity index (χ0n) is 7.46. The SMILES string of the molecule is Cn1cc(CCn2ccnc2)nn1. The summed E-state index contributed by atoms with van der Waals surface area (Å²) in [5, 5.41) is 7.85. The summed E-state index contributed by atoms with van der Waals surface area (Å²) < 4.78 is 3.73. The van der Waals surface area contributed by atoms with E-state index in [-0.39, 0.29) is 0 Å². The van der Waals surface area contributed by atoms with E-state index in [1.54, 1.807) is 17.2 Å². The minimum absolute atomic E-state index is 0.893. The first-order valence-electron chi connectivity index (χ1n) is 4.15. The van der Waals surface area contributed by atoms with E-state index < -0.39 is 0 Å². The van der Waals surface area contributed by atoms with Gasteiger partial charge in [0.15, 0.2) is 0 Å². The maximum Gasteiger partial charge on any atom is 0.0946 e. The number of hydrogen-bond donors (Lipinski definition) is 0. The molecule has 0 N–H and O–H groups in total. The van der Waals surface area contributed by atoms with E-state index in [9.17, 15) is 0 Å². The average molecular weight is 177 g/mol. The van der Waals surface area contributed by atoms with Crippen molar-refractivity contribution in [2.24, 2.45) is 7.05 Å². The van der Waals surface area contributed by atoms with Gasteiger partial charge in [-0.05, 0) is 0 Å². The van der Waals surface area contributed by atoms with Crippen LogP contribution in [-0.4, -0.2) is 24.5 Å². The Balaban J connectivity index is 1.93. The Kier molecular flexibility index (Phi) is 2.08. The Morgan fingerprint density at radius 2 is 2.38 bits per heavy atom. The lowest BCUT2D eigenvalue weighted by Gasteiger charge is -1.97. The normalized spacial score (nSPS) is 10.5. The third-order valence-electron chi connectivity index (χ3n) is 1.84. The van der Waals surface area contributed by atoms with Gasteiger partial charge in [0.1, 0.15) is 0 Å². The predicted molar refractivity (Wildman–Crippen MR) is 46.9 cm³/mol. The van der Waals surface area contributed by atoms with Crippen molar-refractivity contribution in [1.82, 2.24) is 24.5 Å². The topological polar surface area (TPSA) is 48.5 Å². The van der Waals surface area contributed by atoms with Crippen molar-refractivity contribution in [2.75, 3.05) is 0 Å². The van der Waals surface area contributed by atoms with Crippen molar-refractivity contribution in [1.29, 1.82) is 0 Å². The quantitative estimate of drug-likeness (QED) is 0.675. The molecule has 5 nitrogen and oxygen atoms in total. The van der Waals surface area contributed by atoms with Gasteiger partial charge in [0.2, 0.25) is 0 Å². The summed E-state index contributed by atoms with van der Waals surface area (Å²) in [5.74, 6) is 0. The third kappa shape index (κ3) is 1.93. The Bertz CT molecular complexity index is 362. The van der Waals surface area contributed by atoms with Crippen LogP contribution in [0.25, 0.3) is 0 Å². The van der Waals surface area contributed by atoms with Gasteiger partial charge in [-0.25, -0.2) is 4.98 Å². The molecule has 0 radical (unpaired) electrons. The lowest BCUT2D eigenvalue weighted by molar-refractivity contribution is 0.679. The maximum atomic E-state index is 3.99. The van der Waals surface area contributed by atoms with Crippen LogP contribution in [0.4, 0.5) is 0 Å². The van der Waals surface area contributed by atoms with Gasteiger partial charge in [-0.1, -0.05) is 5.21 Å². The zero-order chi connectivity index (χ0) is 9.10. The summed E-state index contributed by atoms with van der Waals surface area (Å²) in [7, 11) is 1.87. The van der Waals surface area contributed by atoms with Gasteiger partial charge in [-0.3, -0.25) is 4.68 Å². The van der Waals surface area contributed by atoms with Crippen LogP contribution in [0.3, 0.4) is 0 Å². The number of rotatable bonds is 3. The molecule has 0 atom stereocenters. The molecule has 13 heavy (non-hydrogen) atoms. The standard InChI is InChI=1S/C8H11N5/c1-12-6-8(10-11-12)2-4-13-5-3-9-7-13/h3,5-7H,2,4H2,1H3. The minimum atomic E-state index is 0.893. The number of aromatic nitrogens is 5. The van der Waals surface area contributed by atoms with Crippen molar-refractivity contribution < 1.29 is 0 Å². The summed E-state index contributed by atoms with van der Waals surface area (Å²) in [6, 6.07) is 0. The van der Waals surface area contributed by atoms with E-state index in [0.29, 0.717) is 0 Å². The van der Waals surface area contributed by atoms with Crippen molar-refractivity contribution >= 4 is 0 Å². The fourth-order valence-electron chi connectivity index (χ4n) is 1.17. The summed E-state index contributed by atoms with van der Waals surface area (Å²) in [6.07, 6.45) is 8.34. The van der Waals surface area contributed by atoms with Gasteiger partial charge in [0.25, 0.3) is 0 Å². The van der Waals surface area contributed by atoms with Crippen molar-refractivity contribution in [3.63, 3.8) is 0 Å². The lowest BCUT2D eigenvalue weighted by atomic mass is 10.3. The van der Waals surface area contributed by atoms with Crippen LogP contribution in [0.1, 0.15) is 5.69 Å². The van der Waals surface area contributed by atoms with Crippen LogP contribution in [0.5, 0.6) is 0 Å². The molecule has 0 amide bonds. The van der Waals surface area contributed by atoms with Crippen molar-refractivity contribution in [3.8, 4) is 0 Å². The van der Waals surface area contributed by atoms with E-state index in [1.165, 1.54) is 0 Å². The van der Waals surface area contributed by atoms with Gasteiger partial charge in [0.05, 0.1) is 12.0 Å². The first kappa shape index (κ1) is 7.97. The Labute approximate surface area is 76.0 Å². The Morgan fingerprint density at radius 1 is 1.46 bits per heavy atom. The van der Waals surface area contributed by atoms with Gasteiger partial charge in [0, 0.05) is 38.6 Å². The van der Waals surface area contributed by atoms with Crippen LogP contribution < -0.4 is 0 Å². The number of aryl methyl sites for hydroxylation is 3. The molecule has 2 aromatic heterocycles. The summed E-state index contributed by atoms with van der Waals surface area (Å²) in [5.41, 5.74) is 1.01. The number of imidazole rings is 1. The highest BCUT2D eigenvalue weighted by Gasteiger charge is 1.97. The van der Waals surface area contributed by atoms with Gasteiger partial charge >= 0.3 is 0 Å². The van der Waals surface area contributed by atoms with Crippen LogP contribution in [0, 0.1) is 0 Å². The average Bonchev–Trinajstić information content (AvgIpc) is 2.71. The van der Waals surface area contributed by atoms with E-state index in [4.69, 9.17) is 0 Å². The molecule has 2 rings (SSSR count). The Morgan fingerprint density at radius 3 is 3.00 bits per heavy atom. The molecular formula is C8H11N5. The molecule has 2 aromatic rings. The molecule has 0 aliphatic heterocycles. The highest BCUT2D eigenvalue weighted by atomic mass is 15.4. The van der Waals surface area contributed by atoms with Gasteiger partial charge < -0.3 is 4.57 Å². The highest BCUT2D eigenvalue weighted by molar-refractivity contribution is 4.92. The minimum Gasteiger partial charge on any atom is -0.337 e. The monoisotopic (exact) mass is 177 g/mol. The van der Waals surface area contributed by atoms with E-state index in [2.05, 4.69) is 15.3 Å². The molecule has 5 heteroatoms. The molecule has 0 fully saturated rings.